The van der Waals surface area contributed by atoms with Gasteiger partial charge in [0, 0.05) is 18.4 Å². The van der Waals surface area contributed by atoms with Crippen LogP contribution in [-0.2, 0) is 0 Å². The summed E-state index contributed by atoms with van der Waals surface area (Å²) < 4.78 is 5.94. The van der Waals surface area contributed by atoms with Crippen LogP contribution in [0.15, 0.2) is 46.0 Å². The number of piperidine rings is 1. The number of hydrogen-bond donors (Lipinski definition) is 0. The Kier molecular flexibility index (Phi) is 4.22. The Labute approximate surface area is 155 Å². The third-order valence-electron chi connectivity index (χ3n) is 4.91. The summed E-state index contributed by atoms with van der Waals surface area (Å²) in [5.41, 5.74) is 5.13. The maximum Gasteiger partial charge on any atom is 0.256 e. The van der Waals surface area contributed by atoms with Crippen molar-refractivity contribution in [2.24, 2.45) is 0 Å². The van der Waals surface area contributed by atoms with E-state index in [1.54, 1.807) is 11.8 Å². The predicted molar refractivity (Wildman–Crippen MR) is 106 cm³/mol. The molecule has 1 aliphatic rings. The van der Waals surface area contributed by atoms with Gasteiger partial charge in [0.05, 0.1) is 22.1 Å². The van der Waals surface area contributed by atoms with Gasteiger partial charge in [-0.3, -0.25) is 0 Å². The molecule has 26 heavy (non-hydrogen) atoms. The van der Waals surface area contributed by atoms with Crippen LogP contribution < -0.4 is 0 Å². The second-order valence-corrected chi connectivity index (χ2v) is 7.80. The highest BCUT2D eigenvalue weighted by Gasteiger charge is 2.12. The second kappa shape index (κ2) is 6.85. The number of aromatic nitrogens is 3. The third-order valence-corrected chi connectivity index (χ3v) is 5.72. The van der Waals surface area contributed by atoms with E-state index in [-0.39, 0.29) is 0 Å². The van der Waals surface area contributed by atoms with Gasteiger partial charge in [-0.1, -0.05) is 30.3 Å². The van der Waals surface area contributed by atoms with E-state index >= 15 is 0 Å². The summed E-state index contributed by atoms with van der Waals surface area (Å²) in [7, 11) is 0. The van der Waals surface area contributed by atoms with E-state index in [9.17, 15) is 0 Å². The normalized spacial score (nSPS) is 16.0. The Morgan fingerprint density at radius 3 is 2.35 bits per heavy atom. The first-order valence-corrected chi connectivity index (χ1v) is 10.2. The van der Waals surface area contributed by atoms with Crippen molar-refractivity contribution >= 4 is 44.9 Å². The summed E-state index contributed by atoms with van der Waals surface area (Å²) in [4.78, 5) is 16.6. The molecule has 5 nitrogen and oxygen atoms in total. The Balaban J connectivity index is 1.39. The first-order valence-electron chi connectivity index (χ1n) is 9.17. The van der Waals surface area contributed by atoms with Crippen molar-refractivity contribution in [2.75, 3.05) is 25.4 Å². The number of hydrogen-bond acceptors (Lipinski definition) is 6. The molecule has 2 aromatic carbocycles. The third kappa shape index (κ3) is 3.15. The van der Waals surface area contributed by atoms with E-state index < -0.39 is 0 Å². The molecular formula is C20H20N4OS. The number of thioether (sulfide) groups is 1. The van der Waals surface area contributed by atoms with Crippen molar-refractivity contribution in [2.45, 2.75) is 24.5 Å². The Morgan fingerprint density at radius 1 is 0.846 bits per heavy atom. The van der Waals surface area contributed by atoms with Crippen LogP contribution in [0.4, 0.5) is 0 Å². The predicted octanol–water partition coefficient (Wildman–Crippen LogP) is 4.50. The van der Waals surface area contributed by atoms with Crippen molar-refractivity contribution in [3.05, 3.63) is 36.4 Å². The smallest absolute Gasteiger partial charge is 0.256 e. The molecule has 1 fully saturated rings. The molecule has 0 amide bonds. The highest BCUT2D eigenvalue weighted by molar-refractivity contribution is 7.99. The van der Waals surface area contributed by atoms with Gasteiger partial charge in [0.15, 0.2) is 5.58 Å². The largest absolute Gasteiger partial charge is 0.431 e. The van der Waals surface area contributed by atoms with Gasteiger partial charge in [-0.05, 0) is 44.1 Å². The summed E-state index contributed by atoms with van der Waals surface area (Å²) in [6.07, 6.45) is 4.03. The zero-order valence-electron chi connectivity index (χ0n) is 14.5. The van der Waals surface area contributed by atoms with Crippen LogP contribution in [0.1, 0.15) is 19.3 Å². The maximum absolute atomic E-state index is 5.94. The van der Waals surface area contributed by atoms with Crippen molar-refractivity contribution in [3.8, 4) is 0 Å². The molecule has 1 saturated heterocycles. The van der Waals surface area contributed by atoms with Gasteiger partial charge in [0.25, 0.3) is 5.22 Å². The van der Waals surface area contributed by atoms with Crippen LogP contribution in [-0.4, -0.2) is 45.2 Å². The van der Waals surface area contributed by atoms with Gasteiger partial charge in [-0.2, -0.15) is 0 Å². The number of nitrogens with zero attached hydrogens (tertiary/aromatic N) is 4. The van der Waals surface area contributed by atoms with Gasteiger partial charge in [-0.25, -0.2) is 15.0 Å². The van der Waals surface area contributed by atoms with Crippen molar-refractivity contribution in [3.63, 3.8) is 0 Å². The summed E-state index contributed by atoms with van der Waals surface area (Å²) in [5, 5.41) is 0.733. The SMILES string of the molecule is c1ccc2nc3cc4oc(SCCN5CCCCC5)nc4cc3nc2c1. The van der Waals surface area contributed by atoms with Crippen LogP contribution in [0.2, 0.25) is 0 Å². The lowest BCUT2D eigenvalue weighted by atomic mass is 10.1. The molecule has 132 valence electrons. The fourth-order valence-electron chi connectivity index (χ4n) is 3.53. The van der Waals surface area contributed by atoms with E-state index in [4.69, 9.17) is 14.4 Å². The van der Waals surface area contributed by atoms with Gasteiger partial charge in [0.2, 0.25) is 0 Å². The van der Waals surface area contributed by atoms with Gasteiger partial charge in [-0.15, -0.1) is 0 Å². The average Bonchev–Trinajstić information content (AvgIpc) is 3.06. The lowest BCUT2D eigenvalue weighted by molar-refractivity contribution is 0.242. The van der Waals surface area contributed by atoms with Crippen LogP contribution >= 0.6 is 11.8 Å². The summed E-state index contributed by atoms with van der Waals surface area (Å²) in [5.74, 6) is 1.01. The number of oxazole rings is 1. The molecule has 0 N–H and O–H groups in total. The molecule has 1 aliphatic heterocycles. The van der Waals surface area contributed by atoms with Gasteiger partial charge in [0.1, 0.15) is 5.52 Å². The van der Waals surface area contributed by atoms with E-state index in [1.807, 2.05) is 36.4 Å². The minimum atomic E-state index is 0.733. The molecule has 4 aromatic rings. The Bertz CT molecular complexity index is 999. The van der Waals surface area contributed by atoms with Crippen LogP contribution in [0.25, 0.3) is 33.2 Å². The van der Waals surface area contributed by atoms with Crippen molar-refractivity contribution < 1.29 is 4.42 Å². The van der Waals surface area contributed by atoms with Crippen molar-refractivity contribution in [1.29, 1.82) is 0 Å². The summed E-state index contributed by atoms with van der Waals surface area (Å²) >= 11 is 1.69. The Morgan fingerprint density at radius 2 is 1.58 bits per heavy atom. The number of rotatable bonds is 4. The number of benzene rings is 2. The zero-order valence-corrected chi connectivity index (χ0v) is 15.3. The van der Waals surface area contributed by atoms with Crippen LogP contribution in [0.3, 0.4) is 0 Å². The molecule has 0 radical (unpaired) electrons. The topological polar surface area (TPSA) is 55.1 Å². The molecule has 0 saturated carbocycles. The summed E-state index contributed by atoms with van der Waals surface area (Å²) in [6, 6.07) is 11.8. The quantitative estimate of drug-likeness (QED) is 0.392. The first kappa shape index (κ1) is 16.0. The highest BCUT2D eigenvalue weighted by Crippen LogP contribution is 2.27. The van der Waals surface area contributed by atoms with E-state index in [0.717, 1.165) is 50.7 Å². The molecule has 0 bridgehead atoms. The van der Waals surface area contributed by atoms with E-state index in [1.165, 1.54) is 32.4 Å². The number of fused-ring (bicyclic) bond motifs is 3. The monoisotopic (exact) mass is 364 g/mol. The lowest BCUT2D eigenvalue weighted by Crippen LogP contribution is -2.31. The lowest BCUT2D eigenvalue weighted by Gasteiger charge is -2.25. The molecule has 0 unspecified atom stereocenters. The Hall–Kier alpha value is -2.18. The standard InChI is InChI=1S/C20H20N4OS/c1-4-8-24(9-5-1)10-11-26-20-23-18-12-16-17(13-19(18)25-20)22-15-7-3-2-6-14(15)21-16/h2-3,6-7,12-13H,1,4-5,8-11H2. The fraction of sp³-hybridized carbons (Fsp3) is 0.350. The van der Waals surface area contributed by atoms with Crippen molar-refractivity contribution in [1.82, 2.24) is 19.9 Å². The first-order chi connectivity index (χ1) is 12.8. The molecule has 6 heteroatoms. The van der Waals surface area contributed by atoms with E-state index in [2.05, 4.69) is 9.88 Å². The molecular weight excluding hydrogens is 344 g/mol. The van der Waals surface area contributed by atoms with E-state index in [0.29, 0.717) is 0 Å². The molecule has 3 heterocycles. The molecule has 0 spiro atoms. The maximum atomic E-state index is 5.94. The summed E-state index contributed by atoms with van der Waals surface area (Å²) in [6.45, 7) is 3.55. The zero-order chi connectivity index (χ0) is 17.3. The number of likely N-dealkylation sites (tertiary alicyclic amines) is 1. The highest BCUT2D eigenvalue weighted by atomic mass is 32.2. The van der Waals surface area contributed by atoms with Gasteiger partial charge < -0.3 is 9.32 Å². The second-order valence-electron chi connectivity index (χ2n) is 6.75. The molecule has 5 rings (SSSR count). The number of para-hydroxylation sites is 2. The van der Waals surface area contributed by atoms with Crippen LogP contribution in [0, 0.1) is 0 Å². The average molecular weight is 364 g/mol. The molecule has 0 atom stereocenters. The molecule has 2 aromatic heterocycles. The minimum Gasteiger partial charge on any atom is -0.431 e. The van der Waals surface area contributed by atoms with Crippen LogP contribution in [0.5, 0.6) is 0 Å². The fourth-order valence-corrected chi connectivity index (χ4v) is 4.37. The van der Waals surface area contributed by atoms with Gasteiger partial charge >= 0.3 is 0 Å². The molecule has 0 aliphatic carbocycles. The minimum absolute atomic E-state index is 0.733.